The Morgan fingerprint density at radius 2 is 1.85 bits per heavy atom. The maximum atomic E-state index is 10.9. The summed E-state index contributed by atoms with van der Waals surface area (Å²) in [6.45, 7) is 5.01. The minimum Gasteiger partial charge on any atom is -0.462 e. The molecule has 0 N–H and O–H groups in total. The van der Waals surface area contributed by atoms with Crippen molar-refractivity contribution >= 4 is 5.97 Å². The number of carbonyl (C=O) groups excluding carboxylic acids is 1. The summed E-state index contributed by atoms with van der Waals surface area (Å²) in [5.41, 5.74) is 0. The molecule has 0 aromatic carbocycles. The van der Waals surface area contributed by atoms with E-state index < -0.39 is 0 Å². The summed E-state index contributed by atoms with van der Waals surface area (Å²) in [4.78, 5) is 13.3. The minimum absolute atomic E-state index is 0.120. The molecule has 1 atom stereocenters. The predicted molar refractivity (Wildman–Crippen MR) is 49.3 cm³/mol. The molecular formula is C10H17NO2. The van der Waals surface area contributed by atoms with Crippen molar-refractivity contribution in [1.29, 1.82) is 0 Å². The summed E-state index contributed by atoms with van der Waals surface area (Å²) >= 11 is 0. The van der Waals surface area contributed by atoms with Gasteiger partial charge in [-0.1, -0.05) is 0 Å². The molecule has 3 saturated heterocycles. The van der Waals surface area contributed by atoms with Crippen LogP contribution in [-0.4, -0.2) is 36.6 Å². The van der Waals surface area contributed by atoms with Crippen LogP contribution >= 0.6 is 0 Å². The van der Waals surface area contributed by atoms with Gasteiger partial charge in [0.25, 0.3) is 0 Å². The van der Waals surface area contributed by atoms with Crippen molar-refractivity contribution in [3.05, 3.63) is 0 Å². The van der Waals surface area contributed by atoms with Gasteiger partial charge in [-0.3, -0.25) is 4.79 Å². The van der Waals surface area contributed by atoms with Gasteiger partial charge in [-0.25, -0.2) is 0 Å². The van der Waals surface area contributed by atoms with Crippen molar-refractivity contribution in [2.45, 2.75) is 32.3 Å². The molecule has 0 saturated carbocycles. The Labute approximate surface area is 79.0 Å². The average Bonchev–Trinajstić information content (AvgIpc) is 2.39. The Bertz CT molecular complexity index is 197. The summed E-state index contributed by atoms with van der Waals surface area (Å²) in [5, 5.41) is 0. The zero-order valence-corrected chi connectivity index (χ0v) is 8.16. The van der Waals surface area contributed by atoms with Gasteiger partial charge in [0.15, 0.2) is 0 Å². The van der Waals surface area contributed by atoms with E-state index in [1.54, 1.807) is 0 Å². The number of ether oxygens (including phenoxy) is 1. The fourth-order valence-electron chi connectivity index (χ4n) is 2.46. The van der Waals surface area contributed by atoms with E-state index in [-0.39, 0.29) is 12.1 Å². The third-order valence-corrected chi connectivity index (χ3v) is 3.21. The number of hydrogen-bond donors (Lipinski definition) is 0. The van der Waals surface area contributed by atoms with Gasteiger partial charge in [-0.05, 0) is 38.3 Å². The van der Waals surface area contributed by atoms with Gasteiger partial charge in [-0.15, -0.1) is 0 Å². The second-order valence-electron chi connectivity index (χ2n) is 4.12. The monoisotopic (exact) mass is 183 g/mol. The van der Waals surface area contributed by atoms with E-state index in [1.807, 2.05) is 0 Å². The van der Waals surface area contributed by atoms with Gasteiger partial charge >= 0.3 is 5.97 Å². The minimum atomic E-state index is -0.120. The number of nitrogens with zero attached hydrogens (tertiary/aromatic N) is 1. The van der Waals surface area contributed by atoms with E-state index in [2.05, 4.69) is 4.90 Å². The zero-order chi connectivity index (χ0) is 9.26. The summed E-state index contributed by atoms with van der Waals surface area (Å²) in [5.74, 6) is 0.507. The van der Waals surface area contributed by atoms with Crippen molar-refractivity contribution in [3.8, 4) is 0 Å². The van der Waals surface area contributed by atoms with Crippen LogP contribution in [0.25, 0.3) is 0 Å². The lowest BCUT2D eigenvalue weighted by molar-refractivity contribution is -0.149. The van der Waals surface area contributed by atoms with Gasteiger partial charge in [0, 0.05) is 13.5 Å². The second kappa shape index (κ2) is 3.66. The Balaban J connectivity index is 1.98. The van der Waals surface area contributed by atoms with Crippen LogP contribution in [-0.2, 0) is 9.53 Å². The van der Waals surface area contributed by atoms with Gasteiger partial charge in [0.2, 0.25) is 0 Å². The smallest absolute Gasteiger partial charge is 0.302 e. The fourth-order valence-corrected chi connectivity index (χ4v) is 2.46. The molecule has 1 unspecified atom stereocenters. The topological polar surface area (TPSA) is 29.5 Å². The van der Waals surface area contributed by atoms with Gasteiger partial charge in [0.1, 0.15) is 6.10 Å². The molecule has 3 heterocycles. The zero-order valence-electron chi connectivity index (χ0n) is 8.16. The molecule has 0 spiro atoms. The van der Waals surface area contributed by atoms with Crippen molar-refractivity contribution in [2.75, 3.05) is 19.6 Å². The van der Waals surface area contributed by atoms with Crippen LogP contribution in [0, 0.1) is 5.92 Å². The van der Waals surface area contributed by atoms with Gasteiger partial charge in [0.05, 0.1) is 0 Å². The predicted octanol–water partition coefficient (Wildman–Crippen LogP) is 1.03. The van der Waals surface area contributed by atoms with E-state index in [4.69, 9.17) is 4.74 Å². The normalized spacial score (nSPS) is 38.4. The summed E-state index contributed by atoms with van der Waals surface area (Å²) in [6, 6.07) is 0. The van der Waals surface area contributed by atoms with Crippen LogP contribution in [0.5, 0.6) is 0 Å². The molecule has 3 aliphatic heterocycles. The van der Waals surface area contributed by atoms with Crippen LogP contribution in [0.3, 0.4) is 0 Å². The molecule has 3 nitrogen and oxygen atoms in total. The third kappa shape index (κ3) is 2.02. The average molecular weight is 183 g/mol. The molecule has 0 aromatic heterocycles. The number of rotatable bonds is 1. The molecule has 13 heavy (non-hydrogen) atoms. The number of fused-ring (bicyclic) bond motifs is 4. The molecule has 3 aliphatic rings. The van der Waals surface area contributed by atoms with Crippen LogP contribution in [0.4, 0.5) is 0 Å². The quantitative estimate of drug-likeness (QED) is 0.569. The molecular weight excluding hydrogens is 166 g/mol. The van der Waals surface area contributed by atoms with Crippen molar-refractivity contribution in [3.63, 3.8) is 0 Å². The molecule has 74 valence electrons. The molecule has 2 bridgehead atoms. The highest BCUT2D eigenvalue weighted by Crippen LogP contribution is 2.28. The first-order valence-electron chi connectivity index (χ1n) is 5.15. The summed E-state index contributed by atoms with van der Waals surface area (Å²) < 4.78 is 5.34. The molecule has 3 heteroatoms. The molecule has 0 aromatic rings. The standard InChI is InChI=1S/C10H17NO2/c1-8(12)13-10-4-7-11-5-2-9(10)3-6-11/h9-10H,2-7H2,1H3. The summed E-state index contributed by atoms with van der Waals surface area (Å²) in [7, 11) is 0. The van der Waals surface area contributed by atoms with Gasteiger partial charge < -0.3 is 9.64 Å². The van der Waals surface area contributed by atoms with Crippen LogP contribution < -0.4 is 0 Å². The first kappa shape index (κ1) is 9.00. The lowest BCUT2D eigenvalue weighted by Crippen LogP contribution is -2.32. The van der Waals surface area contributed by atoms with Crippen LogP contribution in [0.15, 0.2) is 0 Å². The number of hydrogen-bond acceptors (Lipinski definition) is 3. The van der Waals surface area contributed by atoms with E-state index in [0.29, 0.717) is 5.92 Å². The second-order valence-corrected chi connectivity index (χ2v) is 4.12. The molecule has 0 aliphatic carbocycles. The van der Waals surface area contributed by atoms with Gasteiger partial charge in [-0.2, -0.15) is 0 Å². The first-order chi connectivity index (χ1) is 6.25. The van der Waals surface area contributed by atoms with E-state index in [9.17, 15) is 4.79 Å². The van der Waals surface area contributed by atoms with Crippen LogP contribution in [0.2, 0.25) is 0 Å². The summed E-state index contributed by atoms with van der Waals surface area (Å²) in [6.07, 6.45) is 3.64. The molecule has 3 fully saturated rings. The first-order valence-corrected chi connectivity index (χ1v) is 5.15. The Morgan fingerprint density at radius 3 is 2.46 bits per heavy atom. The largest absolute Gasteiger partial charge is 0.462 e. The van der Waals surface area contributed by atoms with E-state index in [1.165, 1.54) is 32.9 Å². The Morgan fingerprint density at radius 1 is 1.23 bits per heavy atom. The maximum Gasteiger partial charge on any atom is 0.302 e. The van der Waals surface area contributed by atoms with Crippen molar-refractivity contribution in [1.82, 2.24) is 4.90 Å². The number of esters is 1. The van der Waals surface area contributed by atoms with Crippen molar-refractivity contribution in [2.24, 2.45) is 5.92 Å². The highest BCUT2D eigenvalue weighted by molar-refractivity contribution is 5.66. The lowest BCUT2D eigenvalue weighted by atomic mass is 9.93. The lowest BCUT2D eigenvalue weighted by Gasteiger charge is -2.28. The maximum absolute atomic E-state index is 10.9. The fraction of sp³-hybridized carbons (Fsp3) is 0.900. The number of carbonyl (C=O) groups is 1. The number of piperidine rings is 1. The molecule has 3 rings (SSSR count). The van der Waals surface area contributed by atoms with Crippen molar-refractivity contribution < 1.29 is 9.53 Å². The molecule has 0 radical (unpaired) electrons. The Hall–Kier alpha value is -0.570. The SMILES string of the molecule is CC(=O)OC1CCN2CCC1CC2. The highest BCUT2D eigenvalue weighted by Gasteiger charge is 2.32. The molecule has 0 amide bonds. The van der Waals surface area contributed by atoms with Crippen LogP contribution in [0.1, 0.15) is 26.2 Å². The third-order valence-electron chi connectivity index (χ3n) is 3.21. The Kier molecular flexibility index (Phi) is 2.54. The van der Waals surface area contributed by atoms with E-state index >= 15 is 0 Å². The van der Waals surface area contributed by atoms with E-state index in [0.717, 1.165) is 13.0 Å². The highest BCUT2D eigenvalue weighted by atomic mass is 16.5.